The zero-order valence-corrected chi connectivity index (χ0v) is 15.7. The van der Waals surface area contributed by atoms with E-state index >= 15 is 0 Å². The maximum Gasteiger partial charge on any atom is 0.344 e. The van der Waals surface area contributed by atoms with Gasteiger partial charge in [0.25, 0.3) is 5.91 Å². The van der Waals surface area contributed by atoms with Crippen LogP contribution in [0, 0.1) is 6.92 Å². The molecule has 0 aliphatic heterocycles. The van der Waals surface area contributed by atoms with Crippen molar-refractivity contribution in [1.29, 1.82) is 0 Å². The van der Waals surface area contributed by atoms with Crippen molar-refractivity contribution in [3.8, 4) is 5.75 Å². The molecule has 1 aliphatic rings. The standard InChI is InChI=1S/C22H25NO4/c1-15-8-3-6-13-20(15)26-14-21(24)27-16(2)22(25)23-19-12-7-10-17-9-4-5-11-18(17)19/h3-6,8-9,11,13,16,19H,7,10,12,14H2,1-2H3,(H,23,25)/t16-,19-/m0/s1. The molecule has 142 valence electrons. The second-order valence-electron chi connectivity index (χ2n) is 6.84. The number of carbonyl (C=O) groups excluding carboxylic acids is 2. The van der Waals surface area contributed by atoms with Crippen LogP contribution in [0.25, 0.3) is 0 Å². The minimum Gasteiger partial charge on any atom is -0.482 e. The molecule has 1 amide bonds. The van der Waals surface area contributed by atoms with Crippen LogP contribution < -0.4 is 10.1 Å². The van der Waals surface area contributed by atoms with E-state index in [2.05, 4.69) is 11.4 Å². The molecule has 2 aromatic carbocycles. The number of benzene rings is 2. The van der Waals surface area contributed by atoms with Crippen molar-refractivity contribution in [3.63, 3.8) is 0 Å². The van der Waals surface area contributed by atoms with Gasteiger partial charge in [0.15, 0.2) is 12.7 Å². The Kier molecular flexibility index (Phi) is 6.12. The minimum absolute atomic E-state index is 0.0354. The molecule has 1 N–H and O–H groups in total. The van der Waals surface area contributed by atoms with E-state index in [0.29, 0.717) is 5.75 Å². The lowest BCUT2D eigenvalue weighted by atomic mass is 9.87. The largest absolute Gasteiger partial charge is 0.482 e. The van der Waals surface area contributed by atoms with Gasteiger partial charge in [-0.3, -0.25) is 4.79 Å². The lowest BCUT2D eigenvalue weighted by Crippen LogP contribution is -2.39. The molecule has 0 heterocycles. The summed E-state index contributed by atoms with van der Waals surface area (Å²) >= 11 is 0. The highest BCUT2D eigenvalue weighted by molar-refractivity contribution is 5.84. The fourth-order valence-corrected chi connectivity index (χ4v) is 3.33. The molecule has 0 saturated carbocycles. The molecule has 1 aliphatic carbocycles. The van der Waals surface area contributed by atoms with Crippen LogP contribution in [-0.4, -0.2) is 24.6 Å². The highest BCUT2D eigenvalue weighted by Crippen LogP contribution is 2.29. The summed E-state index contributed by atoms with van der Waals surface area (Å²) in [5.41, 5.74) is 3.36. The third-order valence-electron chi connectivity index (χ3n) is 4.80. The third kappa shape index (κ3) is 4.88. The summed E-state index contributed by atoms with van der Waals surface area (Å²) < 4.78 is 10.7. The van der Waals surface area contributed by atoms with Crippen LogP contribution in [0.15, 0.2) is 48.5 Å². The number of aryl methyl sites for hydroxylation is 2. The van der Waals surface area contributed by atoms with Gasteiger partial charge in [-0.05, 0) is 55.9 Å². The first-order valence-corrected chi connectivity index (χ1v) is 9.30. The molecule has 0 saturated heterocycles. The molecule has 2 atom stereocenters. The Morgan fingerprint density at radius 1 is 1.15 bits per heavy atom. The van der Waals surface area contributed by atoms with Gasteiger partial charge in [0.05, 0.1) is 6.04 Å². The van der Waals surface area contributed by atoms with Crippen LogP contribution in [0.1, 0.15) is 42.5 Å². The predicted octanol–water partition coefficient (Wildman–Crippen LogP) is 3.50. The quantitative estimate of drug-likeness (QED) is 0.794. The van der Waals surface area contributed by atoms with Gasteiger partial charge in [0.2, 0.25) is 0 Å². The Morgan fingerprint density at radius 3 is 2.70 bits per heavy atom. The normalized spacial score (nSPS) is 16.7. The van der Waals surface area contributed by atoms with Gasteiger partial charge in [-0.2, -0.15) is 0 Å². The van der Waals surface area contributed by atoms with Crippen LogP contribution in [0.4, 0.5) is 0 Å². The summed E-state index contributed by atoms with van der Waals surface area (Å²) in [6.07, 6.45) is 2.08. The number of rotatable bonds is 6. The van der Waals surface area contributed by atoms with Gasteiger partial charge in [-0.15, -0.1) is 0 Å². The maximum absolute atomic E-state index is 12.5. The van der Waals surface area contributed by atoms with Crippen molar-refractivity contribution in [1.82, 2.24) is 5.32 Å². The average Bonchev–Trinajstić information content (AvgIpc) is 2.67. The van der Waals surface area contributed by atoms with Crippen LogP contribution in [0.2, 0.25) is 0 Å². The predicted molar refractivity (Wildman–Crippen MR) is 102 cm³/mol. The first-order valence-electron chi connectivity index (χ1n) is 9.30. The van der Waals surface area contributed by atoms with E-state index in [9.17, 15) is 9.59 Å². The second kappa shape index (κ2) is 8.71. The number of nitrogens with one attached hydrogen (secondary N) is 1. The lowest BCUT2D eigenvalue weighted by molar-refractivity contribution is -0.156. The van der Waals surface area contributed by atoms with E-state index in [4.69, 9.17) is 9.47 Å². The molecular formula is C22H25NO4. The Bertz CT molecular complexity index is 817. The van der Waals surface area contributed by atoms with E-state index in [1.54, 1.807) is 13.0 Å². The molecule has 0 spiro atoms. The topological polar surface area (TPSA) is 64.6 Å². The Balaban J connectivity index is 1.51. The maximum atomic E-state index is 12.5. The summed E-state index contributed by atoms with van der Waals surface area (Å²) in [6.45, 7) is 3.25. The summed E-state index contributed by atoms with van der Waals surface area (Å²) in [6, 6.07) is 15.5. The molecule has 0 fully saturated rings. The Morgan fingerprint density at radius 2 is 1.89 bits per heavy atom. The van der Waals surface area contributed by atoms with Gasteiger partial charge in [0.1, 0.15) is 5.75 Å². The Hall–Kier alpha value is -2.82. The minimum atomic E-state index is -0.868. The smallest absolute Gasteiger partial charge is 0.344 e. The molecule has 0 unspecified atom stereocenters. The lowest BCUT2D eigenvalue weighted by Gasteiger charge is -2.27. The van der Waals surface area contributed by atoms with Crippen molar-refractivity contribution >= 4 is 11.9 Å². The molecular weight excluding hydrogens is 342 g/mol. The SMILES string of the molecule is Cc1ccccc1OCC(=O)O[C@@H](C)C(=O)N[C@H]1CCCc2ccccc21. The van der Waals surface area contributed by atoms with Crippen LogP contribution in [0.5, 0.6) is 5.75 Å². The number of amides is 1. The molecule has 3 rings (SSSR count). The van der Waals surface area contributed by atoms with E-state index in [-0.39, 0.29) is 18.6 Å². The van der Waals surface area contributed by atoms with Crippen LogP contribution in [-0.2, 0) is 20.7 Å². The van der Waals surface area contributed by atoms with E-state index in [1.165, 1.54) is 5.56 Å². The summed E-state index contributed by atoms with van der Waals surface area (Å²) in [4.78, 5) is 24.5. The first kappa shape index (κ1) is 19.0. The molecule has 5 nitrogen and oxygen atoms in total. The third-order valence-corrected chi connectivity index (χ3v) is 4.80. The summed E-state index contributed by atoms with van der Waals surface area (Å²) in [5.74, 6) is -0.226. The first-order chi connectivity index (χ1) is 13.0. The highest BCUT2D eigenvalue weighted by atomic mass is 16.6. The van der Waals surface area contributed by atoms with Crippen molar-refractivity contribution in [2.24, 2.45) is 0 Å². The number of ether oxygens (including phenoxy) is 2. The van der Waals surface area contributed by atoms with Gasteiger partial charge in [-0.1, -0.05) is 42.5 Å². The van der Waals surface area contributed by atoms with Crippen LogP contribution >= 0.6 is 0 Å². The number of hydrogen-bond acceptors (Lipinski definition) is 4. The number of fused-ring (bicyclic) bond motifs is 1. The van der Waals surface area contributed by atoms with Crippen molar-refractivity contribution in [2.75, 3.05) is 6.61 Å². The van der Waals surface area contributed by atoms with Gasteiger partial charge in [0, 0.05) is 0 Å². The van der Waals surface area contributed by atoms with E-state index in [1.807, 2.05) is 43.3 Å². The number of esters is 1. The fraction of sp³-hybridized carbons (Fsp3) is 0.364. The monoisotopic (exact) mass is 367 g/mol. The van der Waals surface area contributed by atoms with Crippen molar-refractivity contribution in [3.05, 3.63) is 65.2 Å². The summed E-state index contributed by atoms with van der Waals surface area (Å²) in [5, 5.41) is 3.01. The highest BCUT2D eigenvalue weighted by Gasteiger charge is 2.25. The number of para-hydroxylation sites is 1. The van der Waals surface area contributed by atoms with Crippen molar-refractivity contribution in [2.45, 2.75) is 45.3 Å². The molecule has 0 bridgehead atoms. The van der Waals surface area contributed by atoms with Crippen LogP contribution in [0.3, 0.4) is 0 Å². The zero-order valence-electron chi connectivity index (χ0n) is 15.7. The molecule has 5 heteroatoms. The molecule has 27 heavy (non-hydrogen) atoms. The van der Waals surface area contributed by atoms with E-state index in [0.717, 1.165) is 30.4 Å². The molecule has 2 aromatic rings. The summed E-state index contributed by atoms with van der Waals surface area (Å²) in [7, 11) is 0. The van der Waals surface area contributed by atoms with Gasteiger partial charge < -0.3 is 14.8 Å². The second-order valence-corrected chi connectivity index (χ2v) is 6.84. The average molecular weight is 367 g/mol. The zero-order chi connectivity index (χ0) is 19.2. The Labute approximate surface area is 159 Å². The number of hydrogen-bond donors (Lipinski definition) is 1. The van der Waals surface area contributed by atoms with E-state index < -0.39 is 12.1 Å². The molecule has 0 aromatic heterocycles. The number of carbonyl (C=O) groups is 2. The van der Waals surface area contributed by atoms with Crippen molar-refractivity contribution < 1.29 is 19.1 Å². The van der Waals surface area contributed by atoms with Gasteiger partial charge in [-0.25, -0.2) is 4.79 Å². The van der Waals surface area contributed by atoms with Gasteiger partial charge >= 0.3 is 5.97 Å². The molecule has 0 radical (unpaired) electrons. The fourth-order valence-electron chi connectivity index (χ4n) is 3.33.